The number of ether oxygens (including phenoxy) is 2. The van der Waals surface area contributed by atoms with Gasteiger partial charge in [-0.25, -0.2) is 0 Å². The lowest BCUT2D eigenvalue weighted by Gasteiger charge is -2.35. The molecule has 3 fully saturated rings. The third kappa shape index (κ3) is 7.01. The monoisotopic (exact) mass is 507 g/mol. The van der Waals surface area contributed by atoms with E-state index in [1.54, 1.807) is 0 Å². The first-order chi connectivity index (χ1) is 13.2. The van der Waals surface area contributed by atoms with Crippen LogP contribution in [0.2, 0.25) is 0 Å². The number of likely N-dealkylation sites (tertiary alicyclic amines) is 1. The van der Waals surface area contributed by atoms with E-state index >= 15 is 0 Å². The lowest BCUT2D eigenvalue weighted by molar-refractivity contribution is -0.0721. The van der Waals surface area contributed by atoms with Gasteiger partial charge in [-0.1, -0.05) is 19.8 Å². The molecule has 1 saturated carbocycles. The van der Waals surface area contributed by atoms with Gasteiger partial charge in [0.2, 0.25) is 0 Å². The topological polar surface area (TPSA) is 46.1 Å². The first-order valence-electron chi connectivity index (χ1n) is 11.5. The molecule has 3 rings (SSSR count). The minimum Gasteiger partial charge on any atom is -0.376 e. The van der Waals surface area contributed by atoms with E-state index in [-0.39, 0.29) is 24.0 Å². The van der Waals surface area contributed by atoms with Crippen LogP contribution >= 0.6 is 24.0 Å². The SMILES string of the molecule is CCNC(=NCC1(CC)CCCC1)N1CCC(OCC2CCCCO2)CC1.I. The predicted molar refractivity (Wildman–Crippen MR) is 127 cm³/mol. The molecule has 3 aliphatic rings. The van der Waals surface area contributed by atoms with Crippen molar-refractivity contribution in [3.8, 4) is 0 Å². The molecular weight excluding hydrogens is 465 g/mol. The normalized spacial score (nSPS) is 26.1. The zero-order chi connectivity index (χ0) is 19.0. The fourth-order valence-electron chi connectivity index (χ4n) is 4.83. The summed E-state index contributed by atoms with van der Waals surface area (Å²) in [6, 6.07) is 0. The zero-order valence-electron chi connectivity index (χ0n) is 18.1. The highest BCUT2D eigenvalue weighted by molar-refractivity contribution is 14.0. The van der Waals surface area contributed by atoms with E-state index in [2.05, 4.69) is 24.1 Å². The molecule has 1 aliphatic carbocycles. The van der Waals surface area contributed by atoms with Crippen molar-refractivity contribution in [2.24, 2.45) is 10.4 Å². The van der Waals surface area contributed by atoms with E-state index in [0.29, 0.717) is 17.6 Å². The molecule has 0 aromatic heterocycles. The van der Waals surface area contributed by atoms with Crippen LogP contribution in [0, 0.1) is 5.41 Å². The fraction of sp³-hybridized carbons (Fsp3) is 0.955. The molecule has 0 spiro atoms. The van der Waals surface area contributed by atoms with Gasteiger partial charge in [-0.05, 0) is 63.7 Å². The molecule has 0 aromatic carbocycles. The lowest BCUT2D eigenvalue weighted by atomic mass is 9.83. The van der Waals surface area contributed by atoms with E-state index in [1.807, 2.05) is 0 Å². The molecule has 28 heavy (non-hydrogen) atoms. The van der Waals surface area contributed by atoms with E-state index in [9.17, 15) is 0 Å². The molecule has 2 aliphatic heterocycles. The standard InChI is InChI=1S/C22H41N3O2.HI/c1-3-22(12-6-7-13-22)18-24-21(23-4-2)25-14-10-19(11-15-25)27-17-20-9-5-8-16-26-20;/h19-20H,3-18H2,1-2H3,(H,23,24);1H. The van der Waals surface area contributed by atoms with Gasteiger partial charge in [0.15, 0.2) is 5.96 Å². The maximum absolute atomic E-state index is 6.17. The Hall–Kier alpha value is -0.0800. The average molecular weight is 508 g/mol. The second-order valence-electron chi connectivity index (χ2n) is 8.74. The Balaban J connectivity index is 0.00000280. The number of aliphatic imine (C=N–C) groups is 1. The Morgan fingerprint density at radius 1 is 1.11 bits per heavy atom. The van der Waals surface area contributed by atoms with Crippen molar-refractivity contribution in [2.45, 2.75) is 90.3 Å². The number of nitrogens with one attached hydrogen (secondary N) is 1. The van der Waals surface area contributed by atoms with E-state index < -0.39 is 0 Å². The van der Waals surface area contributed by atoms with Crippen LogP contribution in [0.3, 0.4) is 0 Å². The van der Waals surface area contributed by atoms with Gasteiger partial charge in [0, 0.05) is 32.8 Å². The number of rotatable bonds is 7. The summed E-state index contributed by atoms with van der Waals surface area (Å²) in [5, 5.41) is 3.53. The Morgan fingerprint density at radius 2 is 1.86 bits per heavy atom. The Kier molecular flexibility index (Phi) is 10.9. The van der Waals surface area contributed by atoms with Gasteiger partial charge >= 0.3 is 0 Å². The first kappa shape index (κ1) is 24.2. The molecule has 2 saturated heterocycles. The number of hydrogen-bond donors (Lipinski definition) is 1. The Bertz CT molecular complexity index is 455. The summed E-state index contributed by atoms with van der Waals surface area (Å²) in [6.07, 6.45) is 13.3. The summed E-state index contributed by atoms with van der Waals surface area (Å²) >= 11 is 0. The largest absolute Gasteiger partial charge is 0.376 e. The van der Waals surface area contributed by atoms with Gasteiger partial charge in [0.05, 0.1) is 18.8 Å². The van der Waals surface area contributed by atoms with Crippen molar-refractivity contribution in [3.05, 3.63) is 0 Å². The van der Waals surface area contributed by atoms with Crippen molar-refractivity contribution >= 4 is 29.9 Å². The van der Waals surface area contributed by atoms with Gasteiger partial charge in [-0.3, -0.25) is 4.99 Å². The smallest absolute Gasteiger partial charge is 0.193 e. The van der Waals surface area contributed by atoms with E-state index in [1.165, 1.54) is 44.9 Å². The molecule has 5 nitrogen and oxygen atoms in total. The van der Waals surface area contributed by atoms with Gasteiger partial charge < -0.3 is 19.7 Å². The molecule has 1 unspecified atom stereocenters. The van der Waals surface area contributed by atoms with Gasteiger partial charge in [-0.15, -0.1) is 24.0 Å². The van der Waals surface area contributed by atoms with Crippen molar-refractivity contribution in [3.63, 3.8) is 0 Å². The summed E-state index contributed by atoms with van der Waals surface area (Å²) in [7, 11) is 0. The van der Waals surface area contributed by atoms with Crippen LogP contribution in [-0.2, 0) is 9.47 Å². The quantitative estimate of drug-likeness (QED) is 0.311. The van der Waals surface area contributed by atoms with E-state index in [4.69, 9.17) is 14.5 Å². The molecule has 0 radical (unpaired) electrons. The fourth-order valence-corrected chi connectivity index (χ4v) is 4.83. The third-order valence-corrected chi connectivity index (χ3v) is 6.85. The lowest BCUT2D eigenvalue weighted by Crippen LogP contribution is -2.47. The maximum Gasteiger partial charge on any atom is 0.193 e. The van der Waals surface area contributed by atoms with Crippen LogP contribution in [0.15, 0.2) is 4.99 Å². The average Bonchev–Trinajstić information content (AvgIpc) is 3.20. The van der Waals surface area contributed by atoms with Crippen molar-refractivity contribution in [1.82, 2.24) is 10.2 Å². The van der Waals surface area contributed by atoms with Crippen molar-refractivity contribution in [2.75, 3.05) is 39.4 Å². The minimum atomic E-state index is 0. The highest BCUT2D eigenvalue weighted by Crippen LogP contribution is 2.41. The van der Waals surface area contributed by atoms with E-state index in [0.717, 1.165) is 64.6 Å². The number of piperidine rings is 1. The first-order valence-corrected chi connectivity index (χ1v) is 11.5. The molecule has 0 bridgehead atoms. The van der Waals surface area contributed by atoms with Gasteiger partial charge in [0.25, 0.3) is 0 Å². The van der Waals surface area contributed by atoms with Crippen molar-refractivity contribution in [1.29, 1.82) is 0 Å². The summed E-state index contributed by atoms with van der Waals surface area (Å²) in [5.74, 6) is 1.12. The second-order valence-corrected chi connectivity index (χ2v) is 8.74. The third-order valence-electron chi connectivity index (χ3n) is 6.85. The molecule has 6 heteroatoms. The highest BCUT2D eigenvalue weighted by Gasteiger charge is 2.32. The highest BCUT2D eigenvalue weighted by atomic mass is 127. The maximum atomic E-state index is 6.17. The second kappa shape index (κ2) is 12.6. The molecule has 0 amide bonds. The molecule has 1 atom stereocenters. The van der Waals surface area contributed by atoms with Crippen LogP contribution < -0.4 is 5.32 Å². The molecule has 164 valence electrons. The minimum absolute atomic E-state index is 0. The van der Waals surface area contributed by atoms with Crippen LogP contribution in [-0.4, -0.2) is 62.5 Å². The number of nitrogens with zero attached hydrogens (tertiary/aromatic N) is 2. The van der Waals surface area contributed by atoms with Crippen LogP contribution in [0.25, 0.3) is 0 Å². The van der Waals surface area contributed by atoms with Crippen LogP contribution in [0.1, 0.15) is 78.1 Å². The molecule has 0 aromatic rings. The summed E-state index contributed by atoms with van der Waals surface area (Å²) < 4.78 is 12.0. The van der Waals surface area contributed by atoms with Gasteiger partial charge in [-0.2, -0.15) is 0 Å². The zero-order valence-corrected chi connectivity index (χ0v) is 20.4. The number of hydrogen-bond acceptors (Lipinski definition) is 3. The van der Waals surface area contributed by atoms with Gasteiger partial charge in [0.1, 0.15) is 0 Å². The summed E-state index contributed by atoms with van der Waals surface area (Å²) in [4.78, 5) is 7.52. The summed E-state index contributed by atoms with van der Waals surface area (Å²) in [5.41, 5.74) is 0.460. The van der Waals surface area contributed by atoms with Crippen LogP contribution in [0.5, 0.6) is 0 Å². The van der Waals surface area contributed by atoms with Crippen molar-refractivity contribution < 1.29 is 9.47 Å². The van der Waals surface area contributed by atoms with Crippen LogP contribution in [0.4, 0.5) is 0 Å². The molecular formula is C22H42IN3O2. The molecule has 2 heterocycles. The Morgan fingerprint density at radius 3 is 2.46 bits per heavy atom. The molecule has 1 N–H and O–H groups in total. The number of guanidine groups is 1. The summed E-state index contributed by atoms with van der Waals surface area (Å²) in [6.45, 7) is 10.2. The Labute approximate surface area is 189 Å². The number of halogens is 1. The predicted octanol–water partition coefficient (Wildman–Crippen LogP) is 4.59.